The SMILES string of the molecule is COc1ccc(C)cc1CC(=O)OCC(=O)Nc1ccc(S(N)(=O)=O)cc1. The van der Waals surface area contributed by atoms with E-state index < -0.39 is 28.5 Å². The maximum atomic E-state index is 12.0. The number of carbonyl (C=O) groups is 2. The average molecular weight is 392 g/mol. The van der Waals surface area contributed by atoms with Crippen molar-refractivity contribution in [1.82, 2.24) is 0 Å². The Hall–Kier alpha value is -2.91. The van der Waals surface area contributed by atoms with Gasteiger partial charge in [0.15, 0.2) is 6.61 Å². The number of benzene rings is 2. The smallest absolute Gasteiger partial charge is 0.310 e. The first-order chi connectivity index (χ1) is 12.7. The summed E-state index contributed by atoms with van der Waals surface area (Å²) >= 11 is 0. The summed E-state index contributed by atoms with van der Waals surface area (Å²) in [4.78, 5) is 23.8. The molecule has 0 aliphatic rings. The Morgan fingerprint density at radius 3 is 2.37 bits per heavy atom. The minimum absolute atomic E-state index is 0.0266. The van der Waals surface area contributed by atoms with Gasteiger partial charge < -0.3 is 14.8 Å². The second-order valence-corrected chi connectivity index (χ2v) is 7.33. The molecular formula is C18H20N2O6S. The lowest BCUT2D eigenvalue weighted by Gasteiger charge is -2.10. The van der Waals surface area contributed by atoms with Crippen LogP contribution in [0.15, 0.2) is 47.4 Å². The van der Waals surface area contributed by atoms with Crippen LogP contribution in [0.1, 0.15) is 11.1 Å². The van der Waals surface area contributed by atoms with Crippen molar-refractivity contribution in [1.29, 1.82) is 0 Å². The zero-order chi connectivity index (χ0) is 20.0. The van der Waals surface area contributed by atoms with E-state index in [4.69, 9.17) is 14.6 Å². The molecule has 2 aromatic rings. The zero-order valence-electron chi connectivity index (χ0n) is 14.9. The summed E-state index contributed by atoms with van der Waals surface area (Å²) < 4.78 is 32.5. The highest BCUT2D eigenvalue weighted by Gasteiger charge is 2.13. The Balaban J connectivity index is 1.88. The molecule has 0 bridgehead atoms. The molecule has 0 atom stereocenters. The number of primary sulfonamides is 1. The molecule has 27 heavy (non-hydrogen) atoms. The summed E-state index contributed by atoms with van der Waals surface area (Å²) in [5, 5.41) is 7.50. The molecule has 144 valence electrons. The van der Waals surface area contributed by atoms with Crippen LogP contribution in [0.5, 0.6) is 5.75 Å². The van der Waals surface area contributed by atoms with E-state index in [0.29, 0.717) is 17.0 Å². The first-order valence-corrected chi connectivity index (χ1v) is 9.45. The molecule has 0 aliphatic heterocycles. The van der Waals surface area contributed by atoms with Crippen molar-refractivity contribution in [2.24, 2.45) is 5.14 Å². The molecule has 2 rings (SSSR count). The van der Waals surface area contributed by atoms with E-state index in [1.807, 2.05) is 19.1 Å². The molecule has 0 unspecified atom stereocenters. The Bertz CT molecular complexity index is 939. The number of nitrogens with two attached hydrogens (primary N) is 1. The zero-order valence-corrected chi connectivity index (χ0v) is 15.7. The molecule has 3 N–H and O–H groups in total. The largest absolute Gasteiger partial charge is 0.496 e. The van der Waals surface area contributed by atoms with Gasteiger partial charge in [-0.15, -0.1) is 0 Å². The predicted octanol–water partition coefficient (Wildman–Crippen LogP) is 1.38. The predicted molar refractivity (Wildman–Crippen MR) is 98.8 cm³/mol. The fraction of sp³-hybridized carbons (Fsp3) is 0.222. The van der Waals surface area contributed by atoms with Gasteiger partial charge in [-0.25, -0.2) is 13.6 Å². The topological polar surface area (TPSA) is 125 Å². The number of nitrogens with one attached hydrogen (secondary N) is 1. The number of ether oxygens (including phenoxy) is 2. The fourth-order valence-corrected chi connectivity index (χ4v) is 2.84. The molecule has 1 amide bonds. The van der Waals surface area contributed by atoms with Gasteiger partial charge in [-0.1, -0.05) is 17.7 Å². The number of esters is 1. The van der Waals surface area contributed by atoms with E-state index in [9.17, 15) is 18.0 Å². The van der Waals surface area contributed by atoms with Gasteiger partial charge in [-0.3, -0.25) is 9.59 Å². The van der Waals surface area contributed by atoms with Crippen molar-refractivity contribution in [2.45, 2.75) is 18.2 Å². The Morgan fingerprint density at radius 1 is 1.11 bits per heavy atom. The van der Waals surface area contributed by atoms with E-state index in [1.54, 1.807) is 6.07 Å². The number of hydrogen-bond donors (Lipinski definition) is 2. The summed E-state index contributed by atoms with van der Waals surface area (Å²) in [7, 11) is -2.29. The number of rotatable bonds is 7. The van der Waals surface area contributed by atoms with Crippen LogP contribution in [0.25, 0.3) is 0 Å². The van der Waals surface area contributed by atoms with Crippen LogP contribution in [0.2, 0.25) is 0 Å². The van der Waals surface area contributed by atoms with Crippen molar-refractivity contribution < 1.29 is 27.5 Å². The van der Waals surface area contributed by atoms with Crippen LogP contribution in [0.4, 0.5) is 5.69 Å². The van der Waals surface area contributed by atoms with Crippen molar-refractivity contribution in [3.8, 4) is 5.75 Å². The molecule has 0 aliphatic carbocycles. The monoisotopic (exact) mass is 392 g/mol. The Morgan fingerprint density at radius 2 is 1.78 bits per heavy atom. The maximum absolute atomic E-state index is 12.0. The van der Waals surface area contributed by atoms with E-state index in [2.05, 4.69) is 5.32 Å². The molecule has 9 heteroatoms. The van der Waals surface area contributed by atoms with Crippen molar-refractivity contribution in [2.75, 3.05) is 19.0 Å². The highest BCUT2D eigenvalue weighted by molar-refractivity contribution is 7.89. The van der Waals surface area contributed by atoms with Crippen LogP contribution in [0.3, 0.4) is 0 Å². The summed E-state index contributed by atoms with van der Waals surface area (Å²) in [5.74, 6) is -0.557. The lowest BCUT2D eigenvalue weighted by Crippen LogP contribution is -2.21. The first kappa shape index (κ1) is 20.4. The van der Waals surface area contributed by atoms with Crippen LogP contribution in [-0.4, -0.2) is 34.0 Å². The number of methoxy groups -OCH3 is 1. The van der Waals surface area contributed by atoms with Crippen LogP contribution >= 0.6 is 0 Å². The second kappa shape index (κ2) is 8.65. The van der Waals surface area contributed by atoms with Crippen LogP contribution < -0.4 is 15.2 Å². The lowest BCUT2D eigenvalue weighted by molar-refractivity contribution is -0.146. The van der Waals surface area contributed by atoms with Crippen molar-refractivity contribution in [3.63, 3.8) is 0 Å². The molecule has 0 heterocycles. The molecule has 0 radical (unpaired) electrons. The summed E-state index contributed by atoms with van der Waals surface area (Å²) in [6.45, 7) is 1.42. The third-order valence-corrected chi connectivity index (χ3v) is 4.53. The molecule has 0 spiro atoms. The van der Waals surface area contributed by atoms with E-state index in [0.717, 1.165) is 5.56 Å². The van der Waals surface area contributed by atoms with Crippen LogP contribution in [-0.2, 0) is 30.8 Å². The minimum atomic E-state index is -3.80. The number of aryl methyl sites for hydroxylation is 1. The number of carbonyl (C=O) groups excluding carboxylic acids is 2. The third kappa shape index (κ3) is 6.08. The molecule has 0 saturated heterocycles. The molecule has 0 saturated carbocycles. The highest BCUT2D eigenvalue weighted by Crippen LogP contribution is 2.20. The molecule has 0 fully saturated rings. The quantitative estimate of drug-likeness (QED) is 0.686. The third-order valence-electron chi connectivity index (χ3n) is 3.60. The number of hydrogen-bond acceptors (Lipinski definition) is 6. The van der Waals surface area contributed by atoms with Crippen LogP contribution in [0, 0.1) is 6.92 Å². The van der Waals surface area contributed by atoms with Crippen molar-refractivity contribution >= 4 is 27.6 Å². The van der Waals surface area contributed by atoms with Gasteiger partial charge in [0.05, 0.1) is 18.4 Å². The van der Waals surface area contributed by atoms with Gasteiger partial charge in [0, 0.05) is 11.3 Å². The molecule has 8 nitrogen and oxygen atoms in total. The standard InChI is InChI=1S/C18H20N2O6S/c1-12-3-8-16(25-2)13(9-12)10-18(22)26-11-17(21)20-14-4-6-15(7-5-14)27(19,23)24/h3-9H,10-11H2,1-2H3,(H,20,21)(H2,19,23,24). The Labute approximate surface area is 157 Å². The summed E-state index contributed by atoms with van der Waals surface area (Å²) in [6.07, 6.45) is -0.0266. The molecule has 2 aromatic carbocycles. The molecule has 0 aromatic heterocycles. The van der Waals surface area contributed by atoms with Gasteiger partial charge >= 0.3 is 5.97 Å². The summed E-state index contributed by atoms with van der Waals surface area (Å²) in [5.41, 5.74) is 1.99. The summed E-state index contributed by atoms with van der Waals surface area (Å²) in [6, 6.07) is 10.7. The fourth-order valence-electron chi connectivity index (χ4n) is 2.32. The van der Waals surface area contributed by atoms with E-state index in [1.165, 1.54) is 31.4 Å². The first-order valence-electron chi connectivity index (χ1n) is 7.91. The number of amides is 1. The minimum Gasteiger partial charge on any atom is -0.496 e. The van der Waals surface area contributed by atoms with Gasteiger partial charge in [-0.2, -0.15) is 0 Å². The second-order valence-electron chi connectivity index (χ2n) is 5.77. The van der Waals surface area contributed by atoms with Gasteiger partial charge in [-0.05, 0) is 37.3 Å². The lowest BCUT2D eigenvalue weighted by atomic mass is 10.1. The Kier molecular flexibility index (Phi) is 6.54. The highest BCUT2D eigenvalue weighted by atomic mass is 32.2. The van der Waals surface area contributed by atoms with E-state index in [-0.39, 0.29) is 11.3 Å². The number of anilines is 1. The van der Waals surface area contributed by atoms with Gasteiger partial charge in [0.1, 0.15) is 5.75 Å². The van der Waals surface area contributed by atoms with Crippen molar-refractivity contribution in [3.05, 3.63) is 53.6 Å². The maximum Gasteiger partial charge on any atom is 0.310 e. The normalized spacial score (nSPS) is 10.9. The van der Waals surface area contributed by atoms with E-state index >= 15 is 0 Å². The van der Waals surface area contributed by atoms with Gasteiger partial charge in [0.2, 0.25) is 10.0 Å². The number of sulfonamides is 1. The molecular weight excluding hydrogens is 372 g/mol. The van der Waals surface area contributed by atoms with Gasteiger partial charge in [0.25, 0.3) is 5.91 Å². The average Bonchev–Trinajstić information content (AvgIpc) is 2.60.